The lowest BCUT2D eigenvalue weighted by Gasteiger charge is -2.19. The van der Waals surface area contributed by atoms with Crippen LogP contribution < -0.4 is 5.32 Å². The van der Waals surface area contributed by atoms with Gasteiger partial charge >= 0.3 is 6.03 Å². The lowest BCUT2D eigenvalue weighted by Crippen LogP contribution is -2.35. The van der Waals surface area contributed by atoms with E-state index in [1.165, 1.54) is 24.2 Å². The maximum absolute atomic E-state index is 12.1. The molecule has 1 aromatic heterocycles. The Balaban J connectivity index is 1.88. The van der Waals surface area contributed by atoms with Gasteiger partial charge in [0.05, 0.1) is 0 Å². The normalized spacial score (nSPS) is 16.5. The number of hydrogen-bond donors (Lipinski definition) is 1. The zero-order valence-electron chi connectivity index (χ0n) is 11.7. The molecule has 6 heteroatoms. The van der Waals surface area contributed by atoms with E-state index in [1.54, 1.807) is 0 Å². The van der Waals surface area contributed by atoms with Gasteiger partial charge in [-0.3, -0.25) is 5.32 Å². The average molecular weight is 282 g/mol. The molecule has 0 atom stereocenters. The summed E-state index contributed by atoms with van der Waals surface area (Å²) in [5.74, 6) is 0.558. The Kier molecular flexibility index (Phi) is 5.13. The van der Waals surface area contributed by atoms with Crippen LogP contribution in [-0.4, -0.2) is 34.2 Å². The number of urea groups is 1. The third-order valence-electron chi connectivity index (χ3n) is 3.16. The maximum atomic E-state index is 12.1. The van der Waals surface area contributed by atoms with Crippen LogP contribution in [0.1, 0.15) is 44.5 Å². The summed E-state index contributed by atoms with van der Waals surface area (Å²) >= 11 is 1.48. The number of rotatable bonds is 3. The van der Waals surface area contributed by atoms with Crippen molar-refractivity contribution in [1.82, 2.24) is 15.1 Å². The minimum absolute atomic E-state index is 0.0332. The van der Waals surface area contributed by atoms with Gasteiger partial charge in [0.25, 0.3) is 0 Å². The summed E-state index contributed by atoms with van der Waals surface area (Å²) in [6.07, 6.45) is 5.56. The molecule has 1 N–H and O–H groups in total. The van der Waals surface area contributed by atoms with Crippen molar-refractivity contribution in [3.05, 3.63) is 5.01 Å². The predicted molar refractivity (Wildman–Crippen MR) is 77.5 cm³/mol. The Labute approximate surface area is 118 Å². The first-order valence-electron chi connectivity index (χ1n) is 7.03. The van der Waals surface area contributed by atoms with Gasteiger partial charge in [0, 0.05) is 19.5 Å². The van der Waals surface area contributed by atoms with Crippen molar-refractivity contribution in [3.8, 4) is 0 Å². The van der Waals surface area contributed by atoms with Gasteiger partial charge in [-0.05, 0) is 18.8 Å². The third kappa shape index (κ3) is 4.45. The fourth-order valence-electron chi connectivity index (χ4n) is 2.18. The summed E-state index contributed by atoms with van der Waals surface area (Å²) in [5.41, 5.74) is 0. The largest absolute Gasteiger partial charge is 0.324 e. The zero-order valence-corrected chi connectivity index (χ0v) is 12.5. The van der Waals surface area contributed by atoms with E-state index in [-0.39, 0.29) is 6.03 Å². The molecule has 1 aliphatic heterocycles. The number of likely N-dealkylation sites (tertiary alicyclic amines) is 1. The topological polar surface area (TPSA) is 58.1 Å². The Morgan fingerprint density at radius 2 is 1.95 bits per heavy atom. The smallest absolute Gasteiger partial charge is 0.323 e. The molecule has 0 aromatic carbocycles. The molecule has 19 heavy (non-hydrogen) atoms. The lowest BCUT2D eigenvalue weighted by atomic mass is 10.1. The molecule has 106 valence electrons. The van der Waals surface area contributed by atoms with Crippen LogP contribution in [-0.2, 0) is 6.42 Å². The van der Waals surface area contributed by atoms with Crippen molar-refractivity contribution in [1.29, 1.82) is 0 Å². The average Bonchev–Trinajstić information content (AvgIpc) is 2.64. The zero-order chi connectivity index (χ0) is 13.7. The van der Waals surface area contributed by atoms with Crippen molar-refractivity contribution >= 4 is 22.5 Å². The second-order valence-electron chi connectivity index (χ2n) is 5.43. The van der Waals surface area contributed by atoms with Crippen LogP contribution in [0, 0.1) is 5.92 Å². The molecular formula is C13H22N4OS. The molecule has 1 saturated heterocycles. The first kappa shape index (κ1) is 14.2. The Hall–Kier alpha value is -1.17. The number of carbonyl (C=O) groups is 1. The summed E-state index contributed by atoms with van der Waals surface area (Å²) in [4.78, 5) is 14.0. The van der Waals surface area contributed by atoms with Crippen LogP contribution in [0.4, 0.5) is 9.93 Å². The van der Waals surface area contributed by atoms with Crippen LogP contribution in [0.3, 0.4) is 0 Å². The second kappa shape index (κ2) is 6.84. The van der Waals surface area contributed by atoms with E-state index in [9.17, 15) is 4.79 Å². The number of nitrogens with zero attached hydrogens (tertiary/aromatic N) is 3. The minimum Gasteiger partial charge on any atom is -0.324 e. The number of anilines is 1. The van der Waals surface area contributed by atoms with Crippen molar-refractivity contribution in [3.63, 3.8) is 0 Å². The van der Waals surface area contributed by atoms with Crippen molar-refractivity contribution in [2.75, 3.05) is 18.4 Å². The van der Waals surface area contributed by atoms with Crippen LogP contribution in [0.25, 0.3) is 0 Å². The van der Waals surface area contributed by atoms with Gasteiger partial charge in [-0.15, -0.1) is 10.2 Å². The van der Waals surface area contributed by atoms with Gasteiger partial charge in [0.2, 0.25) is 5.13 Å². The van der Waals surface area contributed by atoms with Crippen LogP contribution in [0.5, 0.6) is 0 Å². The highest BCUT2D eigenvalue weighted by Gasteiger charge is 2.17. The van der Waals surface area contributed by atoms with E-state index in [1.807, 2.05) is 4.90 Å². The van der Waals surface area contributed by atoms with Gasteiger partial charge in [-0.2, -0.15) is 0 Å². The molecule has 0 unspecified atom stereocenters. The van der Waals surface area contributed by atoms with E-state index in [4.69, 9.17) is 0 Å². The lowest BCUT2D eigenvalue weighted by molar-refractivity contribution is 0.213. The molecule has 0 spiro atoms. The Morgan fingerprint density at radius 3 is 2.58 bits per heavy atom. The number of carbonyl (C=O) groups excluding carboxylic acids is 1. The molecule has 1 aliphatic rings. The Bertz CT molecular complexity index is 411. The van der Waals surface area contributed by atoms with Gasteiger partial charge in [-0.25, -0.2) is 4.79 Å². The third-order valence-corrected chi connectivity index (χ3v) is 4.02. The van der Waals surface area contributed by atoms with E-state index in [0.29, 0.717) is 11.0 Å². The molecule has 0 bridgehead atoms. The predicted octanol–water partition coefficient (Wildman–Crippen LogP) is 3.14. The van der Waals surface area contributed by atoms with E-state index < -0.39 is 0 Å². The highest BCUT2D eigenvalue weighted by molar-refractivity contribution is 7.15. The molecule has 0 saturated carbocycles. The summed E-state index contributed by atoms with van der Waals surface area (Å²) in [6, 6.07) is -0.0332. The summed E-state index contributed by atoms with van der Waals surface area (Å²) in [6.45, 7) is 6.00. The van der Waals surface area contributed by atoms with Crippen LogP contribution in [0.2, 0.25) is 0 Å². The molecule has 1 fully saturated rings. The molecule has 2 amide bonds. The van der Waals surface area contributed by atoms with E-state index in [0.717, 1.165) is 37.4 Å². The number of amides is 2. The fourth-order valence-corrected chi connectivity index (χ4v) is 3.12. The van der Waals surface area contributed by atoms with Crippen LogP contribution >= 0.6 is 11.3 Å². The maximum Gasteiger partial charge on any atom is 0.323 e. The highest BCUT2D eigenvalue weighted by Crippen LogP contribution is 2.19. The van der Waals surface area contributed by atoms with Gasteiger partial charge in [0.15, 0.2) is 0 Å². The summed E-state index contributed by atoms with van der Waals surface area (Å²) in [5, 5.41) is 12.6. The second-order valence-corrected chi connectivity index (χ2v) is 6.49. The number of hydrogen-bond acceptors (Lipinski definition) is 4. The summed E-state index contributed by atoms with van der Waals surface area (Å²) in [7, 11) is 0. The molecule has 1 aromatic rings. The molecular weight excluding hydrogens is 260 g/mol. The number of nitrogens with one attached hydrogen (secondary N) is 1. The molecule has 2 rings (SSSR count). The quantitative estimate of drug-likeness (QED) is 0.926. The first-order chi connectivity index (χ1) is 9.15. The van der Waals surface area contributed by atoms with Gasteiger partial charge in [-0.1, -0.05) is 38.0 Å². The summed E-state index contributed by atoms with van der Waals surface area (Å²) < 4.78 is 0. The van der Waals surface area contributed by atoms with Gasteiger partial charge < -0.3 is 4.90 Å². The number of aromatic nitrogens is 2. The highest BCUT2D eigenvalue weighted by atomic mass is 32.1. The molecule has 0 aliphatic carbocycles. The molecule has 0 radical (unpaired) electrons. The molecule has 2 heterocycles. The van der Waals surface area contributed by atoms with Crippen molar-refractivity contribution in [2.45, 2.75) is 46.0 Å². The standard InChI is InChI=1S/C13H22N4OS/c1-10(2)9-11-15-16-12(19-11)14-13(18)17-7-5-3-4-6-8-17/h10H,3-9H2,1-2H3,(H,14,16,18). The Morgan fingerprint density at radius 1 is 1.26 bits per heavy atom. The van der Waals surface area contributed by atoms with Crippen molar-refractivity contribution in [2.24, 2.45) is 5.92 Å². The molecule has 5 nitrogen and oxygen atoms in total. The first-order valence-corrected chi connectivity index (χ1v) is 7.85. The van der Waals surface area contributed by atoms with Gasteiger partial charge in [0.1, 0.15) is 5.01 Å². The van der Waals surface area contributed by atoms with Crippen LogP contribution in [0.15, 0.2) is 0 Å². The van der Waals surface area contributed by atoms with E-state index in [2.05, 4.69) is 29.4 Å². The van der Waals surface area contributed by atoms with E-state index >= 15 is 0 Å². The SMILES string of the molecule is CC(C)Cc1nnc(NC(=O)N2CCCCCC2)s1. The minimum atomic E-state index is -0.0332. The van der Waals surface area contributed by atoms with Crippen molar-refractivity contribution < 1.29 is 4.79 Å². The fraction of sp³-hybridized carbons (Fsp3) is 0.769. The monoisotopic (exact) mass is 282 g/mol.